The van der Waals surface area contributed by atoms with Crippen molar-refractivity contribution in [3.63, 3.8) is 0 Å². The number of nitro benzene ring substituents is 2. The number of non-ortho nitro benzene ring substituents is 1. The van der Waals surface area contributed by atoms with Gasteiger partial charge in [-0.1, -0.05) is 23.7 Å². The number of alkyl halides is 3. The van der Waals surface area contributed by atoms with E-state index in [2.05, 4.69) is 0 Å². The summed E-state index contributed by atoms with van der Waals surface area (Å²) in [6.45, 7) is 0. The van der Waals surface area contributed by atoms with Crippen LogP contribution in [-0.2, 0) is 6.18 Å². The van der Waals surface area contributed by atoms with Crippen molar-refractivity contribution in [2.75, 3.05) is 0 Å². The molecule has 0 aliphatic rings. The molecule has 2 rings (SSSR count). The average Bonchev–Trinajstić information content (AvgIpc) is 2.45. The van der Waals surface area contributed by atoms with E-state index in [0.29, 0.717) is 6.07 Å². The van der Waals surface area contributed by atoms with E-state index in [1.54, 1.807) is 0 Å². The van der Waals surface area contributed by atoms with E-state index in [0.717, 1.165) is 0 Å². The Hall–Kier alpha value is -2.68. The van der Waals surface area contributed by atoms with Gasteiger partial charge < -0.3 is 0 Å². The predicted molar refractivity (Wildman–Crippen MR) is 75.2 cm³/mol. The Bertz CT molecular complexity index is 791. The van der Waals surface area contributed by atoms with E-state index in [4.69, 9.17) is 11.6 Å². The van der Waals surface area contributed by atoms with Crippen molar-refractivity contribution in [2.24, 2.45) is 0 Å². The third-order valence-electron chi connectivity index (χ3n) is 2.95. The zero-order valence-electron chi connectivity index (χ0n) is 11.0. The lowest BCUT2D eigenvalue weighted by Gasteiger charge is -2.13. The van der Waals surface area contributed by atoms with Gasteiger partial charge in [0.05, 0.1) is 27.0 Å². The van der Waals surface area contributed by atoms with Gasteiger partial charge in [-0.3, -0.25) is 20.2 Å². The number of hydrogen-bond donors (Lipinski definition) is 0. The second-order valence-electron chi connectivity index (χ2n) is 4.41. The van der Waals surface area contributed by atoms with Crippen LogP contribution in [0.3, 0.4) is 0 Å². The maximum Gasteiger partial charge on any atom is 0.417 e. The van der Waals surface area contributed by atoms with Gasteiger partial charge >= 0.3 is 6.18 Å². The van der Waals surface area contributed by atoms with E-state index in [1.807, 2.05) is 0 Å². The minimum absolute atomic E-state index is 0.122. The Morgan fingerprint density at radius 1 is 0.957 bits per heavy atom. The first kappa shape index (κ1) is 16.7. The maximum atomic E-state index is 13.2. The summed E-state index contributed by atoms with van der Waals surface area (Å²) in [5.74, 6) is 0. The first-order valence-corrected chi connectivity index (χ1v) is 6.29. The van der Waals surface area contributed by atoms with Crippen LogP contribution in [0.15, 0.2) is 36.4 Å². The molecule has 0 unspecified atom stereocenters. The zero-order valence-corrected chi connectivity index (χ0v) is 11.8. The summed E-state index contributed by atoms with van der Waals surface area (Å²) in [5, 5.41) is 22.1. The normalized spacial score (nSPS) is 11.3. The number of halogens is 4. The third kappa shape index (κ3) is 3.39. The molecular formula is C13H6ClF3N2O4. The van der Waals surface area contributed by atoms with Crippen molar-refractivity contribution >= 4 is 23.0 Å². The van der Waals surface area contributed by atoms with Crippen LogP contribution >= 0.6 is 11.6 Å². The molecule has 23 heavy (non-hydrogen) atoms. The Balaban J connectivity index is 2.88. The van der Waals surface area contributed by atoms with Gasteiger partial charge in [0.2, 0.25) is 0 Å². The Morgan fingerprint density at radius 2 is 1.52 bits per heavy atom. The van der Waals surface area contributed by atoms with Crippen LogP contribution in [0.2, 0.25) is 5.02 Å². The lowest BCUT2D eigenvalue weighted by atomic mass is 9.96. The lowest BCUT2D eigenvalue weighted by molar-refractivity contribution is -0.394. The molecule has 0 saturated carbocycles. The van der Waals surface area contributed by atoms with E-state index < -0.39 is 38.5 Å². The summed E-state index contributed by atoms with van der Waals surface area (Å²) < 4.78 is 39.7. The molecule has 0 fully saturated rings. The molecule has 0 aliphatic heterocycles. The van der Waals surface area contributed by atoms with Crippen LogP contribution in [0.1, 0.15) is 5.56 Å². The quantitative estimate of drug-likeness (QED) is 0.587. The summed E-state index contributed by atoms with van der Waals surface area (Å²) in [5.41, 5.74) is -4.34. The zero-order chi connectivity index (χ0) is 17.4. The largest absolute Gasteiger partial charge is 0.417 e. The van der Waals surface area contributed by atoms with Crippen LogP contribution in [0.5, 0.6) is 0 Å². The molecule has 6 nitrogen and oxygen atoms in total. The fraction of sp³-hybridized carbons (Fsp3) is 0.0769. The molecule has 2 aromatic rings. The highest BCUT2D eigenvalue weighted by molar-refractivity contribution is 6.30. The molecule has 0 N–H and O–H groups in total. The van der Waals surface area contributed by atoms with Crippen molar-refractivity contribution < 1.29 is 23.0 Å². The van der Waals surface area contributed by atoms with Crippen molar-refractivity contribution in [2.45, 2.75) is 6.18 Å². The predicted octanol–water partition coefficient (Wildman–Crippen LogP) is 4.84. The average molecular weight is 347 g/mol. The van der Waals surface area contributed by atoms with E-state index in [1.165, 1.54) is 24.3 Å². The number of benzene rings is 2. The van der Waals surface area contributed by atoms with Gasteiger partial charge in [0, 0.05) is 11.1 Å². The van der Waals surface area contributed by atoms with E-state index >= 15 is 0 Å². The summed E-state index contributed by atoms with van der Waals surface area (Å²) in [6.07, 6.45) is -5.01. The highest BCUT2D eigenvalue weighted by atomic mass is 35.5. The van der Waals surface area contributed by atoms with E-state index in [9.17, 15) is 33.4 Å². The van der Waals surface area contributed by atoms with Crippen molar-refractivity contribution in [3.8, 4) is 11.1 Å². The first-order valence-electron chi connectivity index (χ1n) is 5.91. The molecule has 0 aliphatic carbocycles. The van der Waals surface area contributed by atoms with Gasteiger partial charge in [0.25, 0.3) is 11.4 Å². The smallest absolute Gasteiger partial charge is 0.258 e. The molecule has 0 radical (unpaired) electrons. The summed E-state index contributed by atoms with van der Waals surface area (Å²) >= 11 is 5.65. The van der Waals surface area contributed by atoms with Crippen molar-refractivity contribution in [1.82, 2.24) is 0 Å². The Kier molecular flexibility index (Phi) is 4.24. The molecule has 0 bridgehead atoms. The number of nitrogens with zero attached hydrogens (tertiary/aromatic N) is 2. The van der Waals surface area contributed by atoms with Crippen LogP contribution in [0, 0.1) is 20.2 Å². The molecule has 0 aromatic heterocycles. The van der Waals surface area contributed by atoms with Crippen LogP contribution in [0.4, 0.5) is 24.5 Å². The van der Waals surface area contributed by atoms with Gasteiger partial charge in [-0.15, -0.1) is 0 Å². The topological polar surface area (TPSA) is 86.3 Å². The van der Waals surface area contributed by atoms with Gasteiger partial charge in [-0.2, -0.15) is 13.2 Å². The number of nitro groups is 2. The third-order valence-corrected chi connectivity index (χ3v) is 3.20. The van der Waals surface area contributed by atoms with Crippen LogP contribution in [0.25, 0.3) is 11.1 Å². The summed E-state index contributed by atoms with van der Waals surface area (Å²) in [4.78, 5) is 19.6. The Morgan fingerprint density at radius 3 is 1.96 bits per heavy atom. The molecule has 0 atom stereocenters. The van der Waals surface area contributed by atoms with Crippen LogP contribution in [-0.4, -0.2) is 9.85 Å². The standard InChI is InChI=1S/C13H6ClF3N2O4/c14-8-3-1-7(2-4-8)12-10(13(15,16)17)5-9(18(20)21)6-11(12)19(22)23/h1-6H. The minimum atomic E-state index is -5.01. The minimum Gasteiger partial charge on any atom is -0.258 e. The highest BCUT2D eigenvalue weighted by Gasteiger charge is 2.39. The van der Waals surface area contributed by atoms with Crippen LogP contribution < -0.4 is 0 Å². The summed E-state index contributed by atoms with van der Waals surface area (Å²) in [6, 6.07) is 5.65. The van der Waals surface area contributed by atoms with Gasteiger partial charge in [0.15, 0.2) is 0 Å². The summed E-state index contributed by atoms with van der Waals surface area (Å²) in [7, 11) is 0. The van der Waals surface area contributed by atoms with E-state index in [-0.39, 0.29) is 16.7 Å². The van der Waals surface area contributed by atoms with Gasteiger partial charge in [-0.05, 0) is 17.7 Å². The highest BCUT2D eigenvalue weighted by Crippen LogP contribution is 2.44. The SMILES string of the molecule is O=[N+]([O-])c1cc([N+](=O)[O-])c(-c2ccc(Cl)cc2)c(C(F)(F)F)c1. The molecule has 120 valence electrons. The molecule has 0 saturated heterocycles. The van der Waals surface area contributed by atoms with Gasteiger partial charge in [-0.25, -0.2) is 0 Å². The van der Waals surface area contributed by atoms with Crippen molar-refractivity contribution in [1.29, 1.82) is 0 Å². The number of rotatable bonds is 3. The number of hydrogen-bond acceptors (Lipinski definition) is 4. The first-order chi connectivity index (χ1) is 10.6. The second kappa shape index (κ2) is 5.84. The second-order valence-corrected chi connectivity index (χ2v) is 4.84. The fourth-order valence-electron chi connectivity index (χ4n) is 2.00. The van der Waals surface area contributed by atoms with Crippen molar-refractivity contribution in [3.05, 3.63) is 67.2 Å². The molecule has 0 amide bonds. The molecule has 0 spiro atoms. The molecule has 0 heterocycles. The lowest BCUT2D eigenvalue weighted by Crippen LogP contribution is -2.10. The molecular weight excluding hydrogens is 341 g/mol. The molecule has 2 aromatic carbocycles. The molecule has 10 heteroatoms. The van der Waals surface area contributed by atoms with Gasteiger partial charge in [0.1, 0.15) is 0 Å². The Labute approximate surface area is 131 Å². The fourth-order valence-corrected chi connectivity index (χ4v) is 2.13. The monoisotopic (exact) mass is 346 g/mol. The maximum absolute atomic E-state index is 13.2.